The number of rotatable bonds is 0. The van der Waals surface area contributed by atoms with Gasteiger partial charge in [-0.2, -0.15) is 0 Å². The molecule has 1 spiro atoms. The molecule has 0 aromatic carbocycles. The van der Waals surface area contributed by atoms with Gasteiger partial charge in [0, 0.05) is 18.3 Å². The van der Waals surface area contributed by atoms with Gasteiger partial charge in [-0.05, 0) is 79.8 Å². The lowest BCUT2D eigenvalue weighted by molar-refractivity contribution is -0.299. The van der Waals surface area contributed by atoms with Gasteiger partial charge in [-0.15, -0.1) is 0 Å². The summed E-state index contributed by atoms with van der Waals surface area (Å²) in [6, 6.07) is 0. The summed E-state index contributed by atoms with van der Waals surface area (Å²) in [5.41, 5.74) is 1.16. The van der Waals surface area contributed by atoms with Gasteiger partial charge in [-0.1, -0.05) is 19.9 Å². The molecule has 28 heavy (non-hydrogen) atoms. The minimum Gasteiger partial charge on any atom is -0.512 e. The molecule has 2 bridgehead atoms. The molecule has 0 amide bonds. The molecule has 4 nitrogen and oxygen atoms in total. The number of hydrogen-bond donors (Lipinski definition) is 2. The lowest BCUT2D eigenvalue weighted by Gasteiger charge is -2.60. The predicted octanol–water partition coefficient (Wildman–Crippen LogP) is 4.64. The van der Waals surface area contributed by atoms with E-state index in [9.17, 15) is 10.2 Å². The van der Waals surface area contributed by atoms with Crippen LogP contribution in [0.5, 0.6) is 0 Å². The van der Waals surface area contributed by atoms with Gasteiger partial charge in [0.05, 0.1) is 23.6 Å². The maximum Gasteiger partial charge on any atom is 0.161 e. The average molecular weight is 387 g/mol. The predicted molar refractivity (Wildman–Crippen MR) is 106 cm³/mol. The van der Waals surface area contributed by atoms with Crippen molar-refractivity contribution in [2.45, 2.75) is 95.7 Å². The minimum absolute atomic E-state index is 0.0132. The van der Waals surface area contributed by atoms with Crippen molar-refractivity contribution in [3.63, 3.8) is 0 Å². The van der Waals surface area contributed by atoms with Crippen molar-refractivity contribution in [3.8, 4) is 0 Å². The van der Waals surface area contributed by atoms with Crippen LogP contribution in [-0.2, 0) is 9.47 Å². The Balaban J connectivity index is 1.38. The van der Waals surface area contributed by atoms with E-state index in [4.69, 9.17) is 9.47 Å². The van der Waals surface area contributed by atoms with Crippen molar-refractivity contribution >= 4 is 0 Å². The molecule has 3 saturated heterocycles. The lowest BCUT2D eigenvalue weighted by Crippen LogP contribution is -2.60. The monoisotopic (exact) mass is 386 g/mol. The fourth-order valence-electron chi connectivity index (χ4n) is 8.51. The molecule has 0 aromatic rings. The van der Waals surface area contributed by atoms with Crippen molar-refractivity contribution in [1.82, 2.24) is 0 Å². The summed E-state index contributed by atoms with van der Waals surface area (Å²) >= 11 is 0. The second-order valence-corrected chi connectivity index (χ2v) is 11.0. The highest BCUT2D eigenvalue weighted by Crippen LogP contribution is 2.69. The Kier molecular flexibility index (Phi) is 3.62. The Morgan fingerprint density at radius 3 is 2.75 bits per heavy atom. The first kappa shape index (κ1) is 18.0. The molecule has 7 rings (SSSR count). The summed E-state index contributed by atoms with van der Waals surface area (Å²) < 4.78 is 12.6. The molecule has 5 fully saturated rings. The van der Waals surface area contributed by atoms with Crippen LogP contribution in [0.2, 0.25) is 0 Å². The van der Waals surface area contributed by atoms with Gasteiger partial charge in [0.2, 0.25) is 0 Å². The molecule has 0 radical (unpaired) electrons. The van der Waals surface area contributed by atoms with Crippen LogP contribution in [0.1, 0.15) is 71.6 Å². The molecule has 3 aliphatic heterocycles. The van der Waals surface area contributed by atoms with E-state index in [0.717, 1.165) is 51.4 Å². The Morgan fingerprint density at radius 1 is 1.14 bits per heavy atom. The first-order valence-corrected chi connectivity index (χ1v) is 11.5. The van der Waals surface area contributed by atoms with Gasteiger partial charge in [0.15, 0.2) is 6.29 Å². The third-order valence-corrected chi connectivity index (χ3v) is 10.00. The molecule has 3 heterocycles. The lowest BCUT2D eigenvalue weighted by atomic mass is 9.46. The smallest absolute Gasteiger partial charge is 0.161 e. The molecule has 2 N–H and O–H groups in total. The Labute approximate surface area is 168 Å². The van der Waals surface area contributed by atoms with Crippen LogP contribution in [0.4, 0.5) is 0 Å². The van der Waals surface area contributed by atoms with Crippen molar-refractivity contribution < 1.29 is 19.7 Å². The topological polar surface area (TPSA) is 58.9 Å². The average Bonchev–Trinajstić information content (AvgIpc) is 2.77. The first-order valence-electron chi connectivity index (χ1n) is 11.5. The second-order valence-electron chi connectivity index (χ2n) is 11.0. The number of ether oxygens (including phenoxy) is 2. The van der Waals surface area contributed by atoms with E-state index in [1.165, 1.54) is 12.0 Å². The van der Waals surface area contributed by atoms with Crippen LogP contribution in [-0.4, -0.2) is 34.3 Å². The molecule has 4 aliphatic carbocycles. The van der Waals surface area contributed by atoms with Crippen LogP contribution in [0.15, 0.2) is 23.5 Å². The highest BCUT2D eigenvalue weighted by molar-refractivity contribution is 5.36. The second kappa shape index (κ2) is 5.65. The van der Waals surface area contributed by atoms with Crippen molar-refractivity contribution in [2.75, 3.05) is 0 Å². The SMILES string of the molecule is CC12CCC(O)=CC1=CCC1C2[C@H](O)CC2(C)C1CC[C@@]21CCC2CC(O2)O1. The maximum absolute atomic E-state index is 11.6. The van der Waals surface area contributed by atoms with E-state index in [2.05, 4.69) is 19.9 Å². The molecular formula is C24H34O4. The molecule has 7 aliphatic rings. The molecule has 0 aromatic heterocycles. The molecule has 154 valence electrons. The summed E-state index contributed by atoms with van der Waals surface area (Å²) in [6.45, 7) is 4.75. The molecule has 4 heteroatoms. The Hall–Kier alpha value is -0.840. The van der Waals surface area contributed by atoms with Crippen LogP contribution >= 0.6 is 0 Å². The van der Waals surface area contributed by atoms with Gasteiger partial charge < -0.3 is 19.7 Å². The van der Waals surface area contributed by atoms with E-state index in [1.807, 2.05) is 6.08 Å². The number of aliphatic hydroxyl groups excluding tert-OH is 2. The van der Waals surface area contributed by atoms with E-state index < -0.39 is 0 Å². The van der Waals surface area contributed by atoms with Gasteiger partial charge >= 0.3 is 0 Å². The first-order chi connectivity index (χ1) is 13.3. The van der Waals surface area contributed by atoms with Crippen molar-refractivity contribution in [1.29, 1.82) is 0 Å². The summed E-state index contributed by atoms with van der Waals surface area (Å²) in [7, 11) is 0. The highest BCUT2D eigenvalue weighted by Gasteiger charge is 2.68. The van der Waals surface area contributed by atoms with Gasteiger partial charge in [-0.3, -0.25) is 0 Å². The molecule has 2 saturated carbocycles. The Bertz CT molecular complexity index is 752. The summed E-state index contributed by atoms with van der Waals surface area (Å²) in [5, 5.41) is 21.6. The van der Waals surface area contributed by atoms with Crippen LogP contribution in [0.25, 0.3) is 0 Å². The maximum atomic E-state index is 11.6. The summed E-state index contributed by atoms with van der Waals surface area (Å²) in [6.07, 6.45) is 13.5. The minimum atomic E-state index is -0.300. The molecular weight excluding hydrogens is 352 g/mol. The largest absolute Gasteiger partial charge is 0.512 e. The number of aliphatic hydroxyl groups is 2. The van der Waals surface area contributed by atoms with Crippen LogP contribution in [0, 0.1) is 28.6 Å². The molecule has 7 unspecified atom stereocenters. The van der Waals surface area contributed by atoms with Crippen molar-refractivity contribution in [2.24, 2.45) is 28.6 Å². The third-order valence-electron chi connectivity index (χ3n) is 10.00. The zero-order valence-electron chi connectivity index (χ0n) is 17.2. The summed E-state index contributed by atoms with van der Waals surface area (Å²) in [4.78, 5) is 0. The van der Waals surface area contributed by atoms with Crippen LogP contribution in [0.3, 0.4) is 0 Å². The highest BCUT2D eigenvalue weighted by atomic mass is 16.7. The number of allylic oxidation sites excluding steroid dienone is 4. The van der Waals surface area contributed by atoms with Gasteiger partial charge in [0.1, 0.15) is 0 Å². The van der Waals surface area contributed by atoms with Gasteiger partial charge in [0.25, 0.3) is 0 Å². The number of hydrogen-bond acceptors (Lipinski definition) is 4. The fraction of sp³-hybridized carbons (Fsp3) is 0.833. The summed E-state index contributed by atoms with van der Waals surface area (Å²) in [5.74, 6) is 1.91. The van der Waals surface area contributed by atoms with E-state index in [0.29, 0.717) is 29.6 Å². The van der Waals surface area contributed by atoms with Crippen LogP contribution < -0.4 is 0 Å². The molecule has 9 atom stereocenters. The van der Waals surface area contributed by atoms with Gasteiger partial charge in [-0.25, -0.2) is 0 Å². The fourth-order valence-corrected chi connectivity index (χ4v) is 8.51. The van der Waals surface area contributed by atoms with E-state index in [1.54, 1.807) is 0 Å². The number of fused-ring (bicyclic) bond motifs is 6. The van der Waals surface area contributed by atoms with Crippen molar-refractivity contribution in [3.05, 3.63) is 23.5 Å². The zero-order chi connectivity index (χ0) is 19.3. The normalized spacial score (nSPS) is 57.2. The van der Waals surface area contributed by atoms with E-state index >= 15 is 0 Å². The quantitative estimate of drug-likeness (QED) is 0.637. The Morgan fingerprint density at radius 2 is 1.93 bits per heavy atom. The standard InChI is InChI=1S/C24H34O4/c1-22-8-5-15(25)11-14(22)3-4-17-18-7-10-24(9-6-16-12-20(27-16)28-24)23(18,2)13-19(26)21(17)22/h3,11,16-21,25-26H,4-10,12-13H2,1-2H3/t16?,17?,18?,19-,20?,21?,22?,23?,24+/m1/s1. The van der Waals surface area contributed by atoms with E-state index in [-0.39, 0.29) is 28.8 Å². The third kappa shape index (κ3) is 2.12. The zero-order valence-corrected chi connectivity index (χ0v) is 17.2.